The molecule has 1 aromatic heterocycles. The first-order valence-corrected chi connectivity index (χ1v) is 9.64. The Morgan fingerprint density at radius 1 is 1.10 bits per heavy atom. The van der Waals surface area contributed by atoms with Crippen LogP contribution in [0.3, 0.4) is 0 Å². The van der Waals surface area contributed by atoms with Gasteiger partial charge in [-0.25, -0.2) is 14.4 Å². The SMILES string of the molecule is COC(=O)c1sc(NC(=O)COC(=O)CN2C(=O)NC(C)(C)C2=O)c(C(=O)OC)c1C. The topological polar surface area (TPSA) is 157 Å². The van der Waals surface area contributed by atoms with Crippen molar-refractivity contribution >= 4 is 52.1 Å². The fourth-order valence-corrected chi connectivity index (χ4v) is 3.81. The first-order valence-electron chi connectivity index (χ1n) is 8.82. The molecule has 1 aliphatic rings. The minimum atomic E-state index is -1.15. The standard InChI is InChI=1S/C18H21N3O9S/c1-8-11(14(24)28-4)13(31-12(8)15(25)29-5)19-9(22)7-30-10(23)6-21-16(26)18(2,3)20-17(21)27/h6-7H2,1-5H3,(H,19,22)(H,20,27). The lowest BCUT2D eigenvalue weighted by molar-refractivity contribution is -0.150. The van der Waals surface area contributed by atoms with Crippen LogP contribution in [0.1, 0.15) is 39.4 Å². The van der Waals surface area contributed by atoms with Gasteiger partial charge < -0.3 is 24.8 Å². The van der Waals surface area contributed by atoms with Gasteiger partial charge in [0.15, 0.2) is 6.61 Å². The number of methoxy groups -OCH3 is 2. The van der Waals surface area contributed by atoms with Crippen molar-refractivity contribution in [2.75, 3.05) is 32.7 Å². The van der Waals surface area contributed by atoms with E-state index in [4.69, 9.17) is 4.74 Å². The maximum absolute atomic E-state index is 12.2. The molecular formula is C18H21N3O9S. The van der Waals surface area contributed by atoms with Crippen molar-refractivity contribution in [2.24, 2.45) is 0 Å². The van der Waals surface area contributed by atoms with Crippen molar-refractivity contribution in [3.63, 3.8) is 0 Å². The zero-order chi connectivity index (χ0) is 23.5. The minimum Gasteiger partial charge on any atom is -0.465 e. The zero-order valence-electron chi connectivity index (χ0n) is 17.4. The van der Waals surface area contributed by atoms with Crippen LogP contribution in [-0.4, -0.2) is 73.6 Å². The molecule has 0 atom stereocenters. The van der Waals surface area contributed by atoms with Crippen molar-refractivity contribution < 1.29 is 43.0 Å². The van der Waals surface area contributed by atoms with Crippen LogP contribution >= 0.6 is 11.3 Å². The first-order chi connectivity index (χ1) is 14.4. The van der Waals surface area contributed by atoms with Crippen LogP contribution in [0.2, 0.25) is 0 Å². The monoisotopic (exact) mass is 455 g/mol. The molecule has 0 radical (unpaired) electrons. The molecule has 2 N–H and O–H groups in total. The highest BCUT2D eigenvalue weighted by Gasteiger charge is 2.45. The first kappa shape index (κ1) is 23.8. The molecule has 0 spiro atoms. The highest BCUT2D eigenvalue weighted by atomic mass is 32.1. The van der Waals surface area contributed by atoms with Crippen LogP contribution < -0.4 is 10.6 Å². The number of imide groups is 1. The third-order valence-electron chi connectivity index (χ3n) is 4.26. The summed E-state index contributed by atoms with van der Waals surface area (Å²) in [6.07, 6.45) is 0. The molecule has 4 amide bonds. The van der Waals surface area contributed by atoms with Crippen LogP contribution in [0, 0.1) is 6.92 Å². The number of ether oxygens (including phenoxy) is 3. The van der Waals surface area contributed by atoms with Gasteiger partial charge in [0, 0.05) is 0 Å². The Balaban J connectivity index is 2.04. The molecule has 1 saturated heterocycles. The number of amides is 4. The van der Waals surface area contributed by atoms with E-state index in [1.807, 2.05) is 0 Å². The second kappa shape index (κ2) is 9.12. The number of esters is 3. The Morgan fingerprint density at radius 2 is 1.71 bits per heavy atom. The Bertz CT molecular complexity index is 967. The largest absolute Gasteiger partial charge is 0.465 e. The van der Waals surface area contributed by atoms with Gasteiger partial charge in [-0.15, -0.1) is 11.3 Å². The summed E-state index contributed by atoms with van der Waals surface area (Å²) in [6, 6.07) is -0.747. The van der Waals surface area contributed by atoms with Crippen molar-refractivity contribution in [2.45, 2.75) is 26.3 Å². The number of nitrogens with one attached hydrogen (secondary N) is 2. The van der Waals surface area contributed by atoms with Crippen LogP contribution in [0.15, 0.2) is 0 Å². The predicted molar refractivity (Wildman–Crippen MR) is 106 cm³/mol. The van der Waals surface area contributed by atoms with Crippen LogP contribution in [0.5, 0.6) is 0 Å². The number of carbonyl (C=O) groups excluding carboxylic acids is 6. The summed E-state index contributed by atoms with van der Waals surface area (Å²) >= 11 is 0.798. The third kappa shape index (κ3) is 4.99. The molecule has 1 fully saturated rings. The molecule has 1 aromatic rings. The number of carbonyl (C=O) groups is 6. The summed E-state index contributed by atoms with van der Waals surface area (Å²) in [5.74, 6) is -3.88. The lowest BCUT2D eigenvalue weighted by Gasteiger charge is -2.15. The second-order valence-electron chi connectivity index (χ2n) is 6.90. The molecule has 168 valence electrons. The maximum atomic E-state index is 12.2. The third-order valence-corrected chi connectivity index (χ3v) is 5.44. The van der Waals surface area contributed by atoms with E-state index in [1.54, 1.807) is 0 Å². The fourth-order valence-electron chi connectivity index (χ4n) is 2.68. The summed E-state index contributed by atoms with van der Waals surface area (Å²) in [5.41, 5.74) is -0.917. The van der Waals surface area contributed by atoms with Crippen LogP contribution in [0.4, 0.5) is 9.80 Å². The number of thiophene rings is 1. The summed E-state index contributed by atoms with van der Waals surface area (Å²) in [7, 11) is 2.31. The van der Waals surface area contributed by atoms with Crippen LogP contribution in [-0.2, 0) is 28.6 Å². The minimum absolute atomic E-state index is 0.0154. The molecule has 13 heteroatoms. The summed E-state index contributed by atoms with van der Waals surface area (Å²) in [5, 5.41) is 4.80. The van der Waals surface area contributed by atoms with Gasteiger partial charge in [0.2, 0.25) is 0 Å². The molecule has 0 unspecified atom stereocenters. The fraction of sp³-hybridized carbons (Fsp3) is 0.444. The Kier molecular flexibility index (Phi) is 7.00. The average molecular weight is 455 g/mol. The van der Waals surface area contributed by atoms with Gasteiger partial charge in [-0.3, -0.25) is 19.3 Å². The van der Waals surface area contributed by atoms with Crippen molar-refractivity contribution in [3.8, 4) is 0 Å². The number of anilines is 1. The highest BCUT2D eigenvalue weighted by molar-refractivity contribution is 7.18. The molecular weight excluding hydrogens is 434 g/mol. The number of rotatable bonds is 7. The van der Waals surface area contributed by atoms with E-state index >= 15 is 0 Å². The lowest BCUT2D eigenvalue weighted by atomic mass is 10.1. The van der Waals surface area contributed by atoms with E-state index in [9.17, 15) is 28.8 Å². The van der Waals surface area contributed by atoms with E-state index in [0.717, 1.165) is 18.4 Å². The molecule has 2 heterocycles. The highest BCUT2D eigenvalue weighted by Crippen LogP contribution is 2.34. The van der Waals surface area contributed by atoms with Gasteiger partial charge in [-0.1, -0.05) is 0 Å². The molecule has 12 nitrogen and oxygen atoms in total. The van der Waals surface area contributed by atoms with Crippen LogP contribution in [0.25, 0.3) is 0 Å². The predicted octanol–water partition coefficient (Wildman–Crippen LogP) is 0.442. The van der Waals surface area contributed by atoms with Crippen molar-refractivity contribution in [1.82, 2.24) is 10.2 Å². The lowest BCUT2D eigenvalue weighted by Crippen LogP contribution is -2.41. The maximum Gasteiger partial charge on any atom is 0.348 e. The normalized spacial score (nSPS) is 14.7. The van der Waals surface area contributed by atoms with E-state index < -0.39 is 54.4 Å². The summed E-state index contributed by atoms with van der Waals surface area (Å²) in [6.45, 7) is 3.04. The van der Waals surface area contributed by atoms with E-state index in [0.29, 0.717) is 4.90 Å². The van der Waals surface area contributed by atoms with Gasteiger partial charge in [-0.2, -0.15) is 0 Å². The van der Waals surface area contributed by atoms with Crippen molar-refractivity contribution in [3.05, 3.63) is 16.0 Å². The smallest absolute Gasteiger partial charge is 0.348 e. The molecule has 0 saturated carbocycles. The number of urea groups is 1. The molecule has 31 heavy (non-hydrogen) atoms. The number of hydrogen-bond donors (Lipinski definition) is 2. The van der Waals surface area contributed by atoms with Gasteiger partial charge in [-0.05, 0) is 26.3 Å². The van der Waals surface area contributed by atoms with Crippen molar-refractivity contribution in [1.29, 1.82) is 0 Å². The Hall–Kier alpha value is -3.48. The van der Waals surface area contributed by atoms with Gasteiger partial charge >= 0.3 is 23.9 Å². The summed E-state index contributed by atoms with van der Waals surface area (Å²) < 4.78 is 14.1. The zero-order valence-corrected chi connectivity index (χ0v) is 18.3. The molecule has 0 bridgehead atoms. The van der Waals surface area contributed by atoms with Gasteiger partial charge in [0.1, 0.15) is 22.0 Å². The molecule has 0 aromatic carbocycles. The quantitative estimate of drug-likeness (QED) is 0.338. The second-order valence-corrected chi connectivity index (χ2v) is 7.92. The van der Waals surface area contributed by atoms with Gasteiger partial charge in [0.05, 0.1) is 19.8 Å². The van der Waals surface area contributed by atoms with E-state index in [1.165, 1.54) is 27.9 Å². The molecule has 0 aliphatic carbocycles. The Morgan fingerprint density at radius 3 is 2.23 bits per heavy atom. The number of nitrogens with zero attached hydrogens (tertiary/aromatic N) is 1. The molecule has 2 rings (SSSR count). The Labute approximate surface area is 180 Å². The average Bonchev–Trinajstić information content (AvgIpc) is 3.12. The van der Waals surface area contributed by atoms with Gasteiger partial charge in [0.25, 0.3) is 11.8 Å². The van der Waals surface area contributed by atoms with E-state index in [-0.39, 0.29) is 21.0 Å². The number of hydrogen-bond acceptors (Lipinski definition) is 10. The molecule has 1 aliphatic heterocycles. The summed E-state index contributed by atoms with van der Waals surface area (Å²) in [4.78, 5) is 72.7. The van der Waals surface area contributed by atoms with E-state index in [2.05, 4.69) is 20.1 Å².